The summed E-state index contributed by atoms with van der Waals surface area (Å²) in [7, 11) is 0. The molecule has 1 aromatic heterocycles. The molecule has 2 aromatic rings. The SMILES string of the molecule is Cc1cc(F)cc(-c2cc(=O)[nH]c(C(C)C)n2)c1. The Bertz CT molecular complexity index is 612. The quantitative estimate of drug-likeness (QED) is 0.885. The van der Waals surface area contributed by atoms with Gasteiger partial charge in [0.05, 0.1) is 5.69 Å². The molecule has 1 aromatic carbocycles. The van der Waals surface area contributed by atoms with Crippen molar-refractivity contribution in [3.8, 4) is 11.3 Å². The van der Waals surface area contributed by atoms with Gasteiger partial charge in [0.15, 0.2) is 0 Å². The van der Waals surface area contributed by atoms with Gasteiger partial charge in [0.25, 0.3) is 5.56 Å². The number of nitrogens with one attached hydrogen (secondary N) is 1. The van der Waals surface area contributed by atoms with E-state index in [0.29, 0.717) is 17.1 Å². The summed E-state index contributed by atoms with van der Waals surface area (Å²) in [6.45, 7) is 5.70. The zero-order chi connectivity index (χ0) is 13.3. The van der Waals surface area contributed by atoms with Crippen LogP contribution in [0.25, 0.3) is 11.3 Å². The van der Waals surface area contributed by atoms with Crippen molar-refractivity contribution in [1.29, 1.82) is 0 Å². The van der Waals surface area contributed by atoms with E-state index in [0.717, 1.165) is 5.56 Å². The first-order valence-corrected chi connectivity index (χ1v) is 5.84. The van der Waals surface area contributed by atoms with Gasteiger partial charge in [-0.1, -0.05) is 13.8 Å². The first kappa shape index (κ1) is 12.5. The molecular weight excluding hydrogens is 231 g/mol. The topological polar surface area (TPSA) is 45.8 Å². The number of H-pyrrole nitrogens is 1. The highest BCUT2D eigenvalue weighted by atomic mass is 19.1. The lowest BCUT2D eigenvalue weighted by Gasteiger charge is -2.07. The van der Waals surface area contributed by atoms with Crippen LogP contribution in [-0.2, 0) is 0 Å². The Kier molecular flexibility index (Phi) is 3.28. The van der Waals surface area contributed by atoms with Gasteiger partial charge in [-0.2, -0.15) is 0 Å². The summed E-state index contributed by atoms with van der Waals surface area (Å²) >= 11 is 0. The van der Waals surface area contributed by atoms with Crippen molar-refractivity contribution in [2.24, 2.45) is 0 Å². The first-order chi connectivity index (χ1) is 8.45. The van der Waals surface area contributed by atoms with Crippen LogP contribution in [0, 0.1) is 12.7 Å². The van der Waals surface area contributed by atoms with E-state index in [9.17, 15) is 9.18 Å². The highest BCUT2D eigenvalue weighted by molar-refractivity contribution is 5.59. The van der Waals surface area contributed by atoms with Crippen molar-refractivity contribution < 1.29 is 4.39 Å². The van der Waals surface area contributed by atoms with Crippen LogP contribution in [0.2, 0.25) is 0 Å². The van der Waals surface area contributed by atoms with E-state index in [4.69, 9.17) is 0 Å². The van der Waals surface area contributed by atoms with E-state index in [1.54, 1.807) is 0 Å². The monoisotopic (exact) mass is 246 g/mol. The van der Waals surface area contributed by atoms with Crippen LogP contribution in [0.4, 0.5) is 4.39 Å². The Labute approximate surface area is 105 Å². The molecule has 1 heterocycles. The maximum Gasteiger partial charge on any atom is 0.251 e. The van der Waals surface area contributed by atoms with Crippen LogP contribution in [0.1, 0.15) is 31.2 Å². The molecule has 18 heavy (non-hydrogen) atoms. The molecule has 0 spiro atoms. The van der Waals surface area contributed by atoms with Crippen molar-refractivity contribution in [3.05, 3.63) is 51.8 Å². The molecule has 1 N–H and O–H groups in total. The Morgan fingerprint density at radius 3 is 2.56 bits per heavy atom. The number of aryl methyl sites for hydroxylation is 1. The Morgan fingerprint density at radius 2 is 1.94 bits per heavy atom. The summed E-state index contributed by atoms with van der Waals surface area (Å²) in [6.07, 6.45) is 0. The zero-order valence-electron chi connectivity index (χ0n) is 10.6. The average molecular weight is 246 g/mol. The van der Waals surface area contributed by atoms with Gasteiger partial charge in [0.2, 0.25) is 0 Å². The summed E-state index contributed by atoms with van der Waals surface area (Å²) in [5, 5.41) is 0. The first-order valence-electron chi connectivity index (χ1n) is 5.84. The van der Waals surface area contributed by atoms with Crippen molar-refractivity contribution in [2.75, 3.05) is 0 Å². The standard InChI is InChI=1S/C14H15FN2O/c1-8(2)14-16-12(7-13(18)17-14)10-4-9(3)5-11(15)6-10/h4-8H,1-3H3,(H,16,17,18). The molecule has 0 saturated heterocycles. The zero-order valence-corrected chi connectivity index (χ0v) is 10.6. The molecular formula is C14H15FN2O. The summed E-state index contributed by atoms with van der Waals surface area (Å²) in [5.74, 6) is 0.407. The molecule has 0 aliphatic rings. The highest BCUT2D eigenvalue weighted by Crippen LogP contribution is 2.20. The van der Waals surface area contributed by atoms with Crippen LogP contribution in [0.5, 0.6) is 0 Å². The number of halogens is 1. The van der Waals surface area contributed by atoms with E-state index in [-0.39, 0.29) is 17.3 Å². The lowest BCUT2D eigenvalue weighted by molar-refractivity contribution is 0.627. The van der Waals surface area contributed by atoms with Gasteiger partial charge in [-0.05, 0) is 30.7 Å². The third-order valence-corrected chi connectivity index (χ3v) is 2.64. The van der Waals surface area contributed by atoms with Crippen molar-refractivity contribution in [3.63, 3.8) is 0 Å². The van der Waals surface area contributed by atoms with Crippen LogP contribution in [0.3, 0.4) is 0 Å². The number of nitrogens with zero attached hydrogens (tertiary/aromatic N) is 1. The molecule has 0 atom stereocenters. The lowest BCUT2D eigenvalue weighted by atomic mass is 10.1. The van der Waals surface area contributed by atoms with E-state index in [1.165, 1.54) is 18.2 Å². The number of benzene rings is 1. The maximum atomic E-state index is 13.4. The molecule has 0 unspecified atom stereocenters. The van der Waals surface area contributed by atoms with Crippen molar-refractivity contribution >= 4 is 0 Å². The predicted octanol–water partition coefficient (Wildman–Crippen LogP) is 3.01. The molecule has 0 amide bonds. The molecule has 0 fully saturated rings. The van der Waals surface area contributed by atoms with Crippen LogP contribution in [-0.4, -0.2) is 9.97 Å². The molecule has 2 rings (SSSR count). The Balaban J connectivity index is 2.60. The minimum Gasteiger partial charge on any atom is -0.310 e. The predicted molar refractivity (Wildman–Crippen MR) is 69.1 cm³/mol. The molecule has 0 bridgehead atoms. The van der Waals surface area contributed by atoms with Gasteiger partial charge >= 0.3 is 0 Å². The Morgan fingerprint density at radius 1 is 1.22 bits per heavy atom. The minimum atomic E-state index is -0.321. The van der Waals surface area contributed by atoms with Crippen LogP contribution < -0.4 is 5.56 Å². The number of aromatic amines is 1. The molecule has 3 nitrogen and oxygen atoms in total. The fourth-order valence-corrected chi connectivity index (χ4v) is 1.78. The molecule has 94 valence electrons. The molecule has 0 aliphatic carbocycles. The van der Waals surface area contributed by atoms with E-state index in [1.807, 2.05) is 26.8 Å². The third-order valence-electron chi connectivity index (χ3n) is 2.64. The molecule has 0 aliphatic heterocycles. The summed E-state index contributed by atoms with van der Waals surface area (Å²) < 4.78 is 13.4. The molecule has 0 radical (unpaired) electrons. The normalized spacial score (nSPS) is 10.9. The van der Waals surface area contributed by atoms with Crippen LogP contribution in [0.15, 0.2) is 29.1 Å². The largest absolute Gasteiger partial charge is 0.310 e. The number of hydrogen-bond acceptors (Lipinski definition) is 2. The van der Waals surface area contributed by atoms with Gasteiger partial charge in [-0.15, -0.1) is 0 Å². The molecule has 0 saturated carbocycles. The highest BCUT2D eigenvalue weighted by Gasteiger charge is 2.08. The number of rotatable bonds is 2. The van der Waals surface area contributed by atoms with Gasteiger partial charge < -0.3 is 4.98 Å². The van der Waals surface area contributed by atoms with E-state index >= 15 is 0 Å². The van der Waals surface area contributed by atoms with Crippen LogP contribution >= 0.6 is 0 Å². The van der Waals surface area contributed by atoms with E-state index in [2.05, 4.69) is 9.97 Å². The smallest absolute Gasteiger partial charge is 0.251 e. The van der Waals surface area contributed by atoms with Gasteiger partial charge in [-0.3, -0.25) is 4.79 Å². The summed E-state index contributed by atoms with van der Waals surface area (Å²) in [5.41, 5.74) is 1.72. The van der Waals surface area contributed by atoms with Gasteiger partial charge in [0, 0.05) is 17.5 Å². The summed E-state index contributed by atoms with van der Waals surface area (Å²) in [6, 6.07) is 6.04. The Hall–Kier alpha value is -1.97. The van der Waals surface area contributed by atoms with Crippen molar-refractivity contribution in [2.45, 2.75) is 26.7 Å². The second-order valence-corrected chi connectivity index (χ2v) is 4.69. The van der Waals surface area contributed by atoms with Gasteiger partial charge in [-0.25, -0.2) is 9.37 Å². The maximum absolute atomic E-state index is 13.4. The lowest BCUT2D eigenvalue weighted by Crippen LogP contribution is -2.12. The van der Waals surface area contributed by atoms with Crippen molar-refractivity contribution in [1.82, 2.24) is 9.97 Å². The second-order valence-electron chi connectivity index (χ2n) is 4.69. The second kappa shape index (κ2) is 4.72. The number of aromatic nitrogens is 2. The minimum absolute atomic E-state index is 0.118. The fourth-order valence-electron chi connectivity index (χ4n) is 1.78. The molecule has 4 heteroatoms. The number of hydrogen-bond donors (Lipinski definition) is 1. The van der Waals surface area contributed by atoms with E-state index < -0.39 is 0 Å². The van der Waals surface area contributed by atoms with Gasteiger partial charge in [0.1, 0.15) is 11.6 Å². The summed E-state index contributed by atoms with van der Waals surface area (Å²) in [4.78, 5) is 18.6. The third kappa shape index (κ3) is 2.64. The average Bonchev–Trinajstić information content (AvgIpc) is 2.26. The fraction of sp³-hybridized carbons (Fsp3) is 0.286.